The van der Waals surface area contributed by atoms with Crippen molar-refractivity contribution in [1.82, 2.24) is 0 Å². The van der Waals surface area contributed by atoms with Crippen LogP contribution in [0.5, 0.6) is 5.75 Å². The lowest BCUT2D eigenvalue weighted by molar-refractivity contribution is 0.101. The fourth-order valence-electron chi connectivity index (χ4n) is 2.13. The summed E-state index contributed by atoms with van der Waals surface area (Å²) >= 11 is 3.34. The molecule has 3 nitrogen and oxygen atoms in total. The Balaban J connectivity index is 1.98. The molecule has 0 fully saturated rings. The molecule has 2 N–H and O–H groups in total. The molecule has 0 aromatic heterocycles. The third-order valence-corrected chi connectivity index (χ3v) is 3.62. The molecule has 0 aliphatic rings. The highest BCUT2D eigenvalue weighted by atomic mass is 79.9. The number of rotatable bonds is 6. The van der Waals surface area contributed by atoms with Gasteiger partial charge in [0.05, 0.1) is 17.9 Å². The number of nitrogens with two attached hydrogens (primary N) is 1. The lowest BCUT2D eigenvalue weighted by Gasteiger charge is -2.13. The van der Waals surface area contributed by atoms with E-state index in [0.717, 1.165) is 17.3 Å². The molecule has 110 valence electrons. The molecule has 0 bridgehead atoms. The molecule has 0 atom stereocenters. The quantitative estimate of drug-likeness (QED) is 0.482. The highest BCUT2D eigenvalue weighted by molar-refractivity contribution is 9.10. The van der Waals surface area contributed by atoms with Gasteiger partial charge in [-0.3, -0.25) is 4.79 Å². The topological polar surface area (TPSA) is 52.3 Å². The van der Waals surface area contributed by atoms with Gasteiger partial charge in [0, 0.05) is 4.47 Å². The van der Waals surface area contributed by atoms with Gasteiger partial charge < -0.3 is 10.5 Å². The number of ketones is 1. The maximum Gasteiger partial charge on any atom is 0.163 e. The van der Waals surface area contributed by atoms with Gasteiger partial charge in [-0.05, 0) is 37.5 Å². The van der Waals surface area contributed by atoms with Crippen molar-refractivity contribution in [2.24, 2.45) is 0 Å². The van der Waals surface area contributed by atoms with E-state index >= 15 is 0 Å². The summed E-state index contributed by atoms with van der Waals surface area (Å²) in [5.74, 6) is 0.430. The van der Waals surface area contributed by atoms with Crippen LogP contribution in [0.3, 0.4) is 0 Å². The van der Waals surface area contributed by atoms with Crippen molar-refractivity contribution >= 4 is 27.4 Å². The molecule has 0 spiro atoms. The van der Waals surface area contributed by atoms with Crippen LogP contribution in [-0.2, 0) is 6.42 Å². The average Bonchev–Trinajstić information content (AvgIpc) is 2.45. The standard InChI is InChI=1S/C17H18BrNO2/c1-12(20)15-10-14(18)11-16(19)17(15)21-9-5-8-13-6-3-2-4-7-13/h2-4,6-7,10-11H,5,8-9,19H2,1H3. The second-order valence-electron chi connectivity index (χ2n) is 4.87. The molecule has 0 aliphatic carbocycles. The summed E-state index contributed by atoms with van der Waals surface area (Å²) in [7, 11) is 0. The fourth-order valence-corrected chi connectivity index (χ4v) is 2.61. The Morgan fingerprint density at radius 2 is 1.95 bits per heavy atom. The molecule has 0 heterocycles. The number of aryl methyl sites for hydroxylation is 1. The molecule has 2 aromatic carbocycles. The summed E-state index contributed by atoms with van der Waals surface area (Å²) in [5.41, 5.74) is 8.22. The van der Waals surface area contributed by atoms with Crippen LogP contribution < -0.4 is 10.5 Å². The zero-order valence-corrected chi connectivity index (χ0v) is 13.5. The van der Waals surface area contributed by atoms with Crippen molar-refractivity contribution in [1.29, 1.82) is 0 Å². The molecule has 0 aliphatic heterocycles. The smallest absolute Gasteiger partial charge is 0.163 e. The lowest BCUT2D eigenvalue weighted by atomic mass is 10.1. The summed E-state index contributed by atoms with van der Waals surface area (Å²) < 4.78 is 6.52. The first-order valence-corrected chi connectivity index (χ1v) is 7.64. The monoisotopic (exact) mass is 347 g/mol. The van der Waals surface area contributed by atoms with Crippen LogP contribution in [0, 0.1) is 0 Å². The molecule has 0 amide bonds. The Morgan fingerprint density at radius 1 is 1.24 bits per heavy atom. The van der Waals surface area contributed by atoms with Gasteiger partial charge >= 0.3 is 0 Å². The van der Waals surface area contributed by atoms with Crippen LogP contribution in [0.4, 0.5) is 5.69 Å². The number of benzene rings is 2. The first-order valence-electron chi connectivity index (χ1n) is 6.84. The number of carbonyl (C=O) groups excluding carboxylic acids is 1. The van der Waals surface area contributed by atoms with Gasteiger partial charge in [0.1, 0.15) is 0 Å². The minimum atomic E-state index is -0.0546. The molecule has 2 rings (SSSR count). The zero-order valence-electron chi connectivity index (χ0n) is 11.9. The van der Waals surface area contributed by atoms with E-state index in [1.165, 1.54) is 12.5 Å². The normalized spacial score (nSPS) is 10.4. The van der Waals surface area contributed by atoms with Crippen molar-refractivity contribution in [3.8, 4) is 5.75 Å². The number of nitrogen functional groups attached to an aromatic ring is 1. The van der Waals surface area contributed by atoms with Crippen LogP contribution in [0.2, 0.25) is 0 Å². The van der Waals surface area contributed by atoms with Gasteiger partial charge in [-0.2, -0.15) is 0 Å². The molecular weight excluding hydrogens is 330 g/mol. The number of hydrogen-bond donors (Lipinski definition) is 1. The number of carbonyl (C=O) groups is 1. The SMILES string of the molecule is CC(=O)c1cc(Br)cc(N)c1OCCCc1ccccc1. The summed E-state index contributed by atoms with van der Waals surface area (Å²) in [6.07, 6.45) is 1.81. The number of anilines is 1. The van der Waals surface area contributed by atoms with Crippen molar-refractivity contribution in [3.05, 3.63) is 58.1 Å². The predicted octanol–water partition coefficient (Wildman–Crippen LogP) is 4.25. The first kappa shape index (κ1) is 15.6. The van der Waals surface area contributed by atoms with Crippen LogP contribution in [0.15, 0.2) is 46.9 Å². The minimum absolute atomic E-state index is 0.0546. The first-order chi connectivity index (χ1) is 10.1. The second kappa shape index (κ2) is 7.27. The van der Waals surface area contributed by atoms with Gasteiger partial charge in [-0.25, -0.2) is 0 Å². The Bertz CT molecular complexity index is 626. The van der Waals surface area contributed by atoms with Crippen LogP contribution in [0.25, 0.3) is 0 Å². The fraction of sp³-hybridized carbons (Fsp3) is 0.235. The Labute approximate surface area is 133 Å². The molecule has 2 aromatic rings. The Hall–Kier alpha value is -1.81. The predicted molar refractivity (Wildman–Crippen MR) is 88.8 cm³/mol. The van der Waals surface area contributed by atoms with Gasteiger partial charge in [0.25, 0.3) is 0 Å². The maximum absolute atomic E-state index is 11.7. The van der Waals surface area contributed by atoms with Crippen LogP contribution >= 0.6 is 15.9 Å². The minimum Gasteiger partial charge on any atom is -0.491 e. The van der Waals surface area contributed by atoms with E-state index in [-0.39, 0.29) is 5.78 Å². The number of halogens is 1. The number of ether oxygens (including phenoxy) is 1. The van der Waals surface area contributed by atoms with Crippen molar-refractivity contribution in [3.63, 3.8) is 0 Å². The van der Waals surface area contributed by atoms with Gasteiger partial charge in [-0.1, -0.05) is 46.3 Å². The van der Waals surface area contributed by atoms with Crippen molar-refractivity contribution in [2.75, 3.05) is 12.3 Å². The average molecular weight is 348 g/mol. The van der Waals surface area contributed by atoms with Gasteiger partial charge in [0.15, 0.2) is 11.5 Å². The second-order valence-corrected chi connectivity index (χ2v) is 5.78. The van der Waals surface area contributed by atoms with E-state index in [1.807, 2.05) is 18.2 Å². The van der Waals surface area contributed by atoms with Crippen molar-refractivity contribution in [2.45, 2.75) is 19.8 Å². The molecule has 21 heavy (non-hydrogen) atoms. The third-order valence-electron chi connectivity index (χ3n) is 3.16. The summed E-state index contributed by atoms with van der Waals surface area (Å²) in [6.45, 7) is 2.04. The Kier molecular flexibility index (Phi) is 5.39. The van der Waals surface area contributed by atoms with Gasteiger partial charge in [-0.15, -0.1) is 0 Å². The Morgan fingerprint density at radius 3 is 2.62 bits per heavy atom. The van der Waals surface area contributed by atoms with E-state index in [1.54, 1.807) is 12.1 Å². The van der Waals surface area contributed by atoms with E-state index in [0.29, 0.717) is 23.6 Å². The highest BCUT2D eigenvalue weighted by Gasteiger charge is 2.13. The molecule has 0 radical (unpaired) electrons. The summed E-state index contributed by atoms with van der Waals surface area (Å²) in [4.78, 5) is 11.7. The van der Waals surface area contributed by atoms with Crippen LogP contribution in [0.1, 0.15) is 29.3 Å². The lowest BCUT2D eigenvalue weighted by Crippen LogP contribution is -2.07. The zero-order chi connectivity index (χ0) is 15.2. The van der Waals surface area contributed by atoms with Crippen LogP contribution in [-0.4, -0.2) is 12.4 Å². The summed E-state index contributed by atoms with van der Waals surface area (Å²) in [6, 6.07) is 13.7. The van der Waals surface area contributed by atoms with E-state index < -0.39 is 0 Å². The maximum atomic E-state index is 11.7. The van der Waals surface area contributed by atoms with E-state index in [4.69, 9.17) is 10.5 Å². The van der Waals surface area contributed by atoms with Crippen molar-refractivity contribution < 1.29 is 9.53 Å². The molecule has 0 saturated carbocycles. The van der Waals surface area contributed by atoms with Gasteiger partial charge in [0.2, 0.25) is 0 Å². The molecule has 0 saturated heterocycles. The third kappa shape index (κ3) is 4.33. The summed E-state index contributed by atoms with van der Waals surface area (Å²) in [5, 5.41) is 0. The number of Topliss-reactive ketones (excluding diaryl/α,β-unsaturated/α-hetero) is 1. The van der Waals surface area contributed by atoms with E-state index in [2.05, 4.69) is 28.1 Å². The number of hydrogen-bond acceptors (Lipinski definition) is 3. The molecular formula is C17H18BrNO2. The molecule has 0 unspecified atom stereocenters. The molecule has 4 heteroatoms. The van der Waals surface area contributed by atoms with E-state index in [9.17, 15) is 4.79 Å². The largest absolute Gasteiger partial charge is 0.491 e. The highest BCUT2D eigenvalue weighted by Crippen LogP contribution is 2.31.